The zero-order valence-electron chi connectivity index (χ0n) is 13.6. The molecule has 0 aliphatic carbocycles. The van der Waals surface area contributed by atoms with Crippen molar-refractivity contribution < 1.29 is 24.0 Å². The first-order valence-corrected chi connectivity index (χ1v) is 8.09. The summed E-state index contributed by atoms with van der Waals surface area (Å²) in [5.74, 6) is -0.192. The van der Waals surface area contributed by atoms with Gasteiger partial charge in [-0.25, -0.2) is 0 Å². The second-order valence-corrected chi connectivity index (χ2v) is 6.15. The number of amides is 2. The van der Waals surface area contributed by atoms with Gasteiger partial charge in [0.2, 0.25) is 11.8 Å². The largest absolute Gasteiger partial charge is 0.383 e. The Balaban J connectivity index is 1.70. The van der Waals surface area contributed by atoms with Crippen LogP contribution < -0.4 is 10.2 Å². The number of ether oxygens (including phenoxy) is 2. The molecule has 2 fully saturated rings. The number of quaternary nitrogens is 1. The fraction of sp³-hybridized carbons (Fsp3) is 0.867. The van der Waals surface area contributed by atoms with Crippen molar-refractivity contribution in [3.05, 3.63) is 0 Å². The van der Waals surface area contributed by atoms with Gasteiger partial charge in [-0.2, -0.15) is 0 Å². The van der Waals surface area contributed by atoms with E-state index < -0.39 is 0 Å². The van der Waals surface area contributed by atoms with E-state index in [2.05, 4.69) is 5.32 Å². The van der Waals surface area contributed by atoms with Crippen LogP contribution in [-0.4, -0.2) is 82.4 Å². The molecule has 0 bridgehead atoms. The summed E-state index contributed by atoms with van der Waals surface area (Å²) < 4.78 is 10.4. The van der Waals surface area contributed by atoms with Crippen molar-refractivity contribution in [2.24, 2.45) is 5.92 Å². The maximum absolute atomic E-state index is 12.2. The van der Waals surface area contributed by atoms with Crippen LogP contribution in [0.3, 0.4) is 0 Å². The fourth-order valence-electron chi connectivity index (χ4n) is 3.08. The minimum Gasteiger partial charge on any atom is -0.383 e. The van der Waals surface area contributed by atoms with Crippen LogP contribution in [0, 0.1) is 5.92 Å². The normalized spacial score (nSPS) is 24.5. The maximum atomic E-state index is 12.2. The molecule has 0 aromatic carbocycles. The quantitative estimate of drug-likeness (QED) is 0.565. The van der Waals surface area contributed by atoms with Gasteiger partial charge in [-0.1, -0.05) is 0 Å². The second-order valence-electron chi connectivity index (χ2n) is 6.15. The summed E-state index contributed by atoms with van der Waals surface area (Å²) in [4.78, 5) is 27.4. The molecule has 2 saturated heterocycles. The SMILES string of the molecule is COC[C@@H](C)N1C[C@H](C(=O)NCC[NH+]2CCOCC2)CC1=O. The lowest BCUT2D eigenvalue weighted by Gasteiger charge is -2.24. The van der Waals surface area contributed by atoms with E-state index in [1.165, 1.54) is 4.90 Å². The number of nitrogens with zero attached hydrogens (tertiary/aromatic N) is 1. The van der Waals surface area contributed by atoms with Crippen LogP contribution in [0.4, 0.5) is 0 Å². The van der Waals surface area contributed by atoms with E-state index in [9.17, 15) is 9.59 Å². The van der Waals surface area contributed by atoms with Crippen molar-refractivity contribution in [1.29, 1.82) is 0 Å². The molecule has 0 spiro atoms. The average molecular weight is 314 g/mol. The molecule has 2 amide bonds. The van der Waals surface area contributed by atoms with Gasteiger partial charge in [-0.15, -0.1) is 0 Å². The molecule has 22 heavy (non-hydrogen) atoms. The number of methoxy groups -OCH3 is 1. The zero-order valence-corrected chi connectivity index (χ0v) is 13.6. The molecule has 2 rings (SSSR count). The van der Waals surface area contributed by atoms with Gasteiger partial charge in [0.15, 0.2) is 0 Å². The van der Waals surface area contributed by atoms with Crippen LogP contribution in [0.25, 0.3) is 0 Å². The van der Waals surface area contributed by atoms with Crippen LogP contribution >= 0.6 is 0 Å². The summed E-state index contributed by atoms with van der Waals surface area (Å²) in [5, 5.41) is 2.97. The molecule has 0 aromatic heterocycles. The van der Waals surface area contributed by atoms with E-state index in [0.29, 0.717) is 26.1 Å². The maximum Gasteiger partial charge on any atom is 0.225 e. The highest BCUT2D eigenvalue weighted by Gasteiger charge is 2.36. The minimum atomic E-state index is -0.230. The fourth-order valence-corrected chi connectivity index (χ4v) is 3.08. The summed E-state index contributed by atoms with van der Waals surface area (Å²) >= 11 is 0. The van der Waals surface area contributed by atoms with E-state index >= 15 is 0 Å². The Labute approximate surface area is 131 Å². The molecule has 0 unspecified atom stereocenters. The predicted octanol–water partition coefficient (Wildman–Crippen LogP) is -2.10. The highest BCUT2D eigenvalue weighted by Crippen LogP contribution is 2.20. The number of morpholine rings is 1. The van der Waals surface area contributed by atoms with Crippen molar-refractivity contribution >= 4 is 11.8 Å². The van der Waals surface area contributed by atoms with Crippen molar-refractivity contribution in [3.63, 3.8) is 0 Å². The number of carbonyl (C=O) groups excluding carboxylic acids is 2. The second kappa shape index (κ2) is 8.45. The number of nitrogens with one attached hydrogen (secondary N) is 2. The third kappa shape index (κ3) is 4.66. The van der Waals surface area contributed by atoms with Gasteiger partial charge in [0, 0.05) is 20.1 Å². The van der Waals surface area contributed by atoms with Crippen LogP contribution in [-0.2, 0) is 19.1 Å². The lowest BCUT2D eigenvalue weighted by atomic mass is 10.1. The van der Waals surface area contributed by atoms with Gasteiger partial charge in [0.25, 0.3) is 0 Å². The Morgan fingerprint density at radius 3 is 2.91 bits per heavy atom. The molecule has 7 heteroatoms. The molecule has 0 aromatic rings. The lowest BCUT2D eigenvalue weighted by Crippen LogP contribution is -3.14. The smallest absolute Gasteiger partial charge is 0.225 e. The van der Waals surface area contributed by atoms with E-state index in [1.54, 1.807) is 12.0 Å². The van der Waals surface area contributed by atoms with Crippen LogP contribution in [0.2, 0.25) is 0 Å². The third-order valence-electron chi connectivity index (χ3n) is 4.45. The van der Waals surface area contributed by atoms with Gasteiger partial charge in [-0.05, 0) is 6.92 Å². The first-order chi connectivity index (χ1) is 10.6. The number of carbonyl (C=O) groups is 2. The van der Waals surface area contributed by atoms with Crippen LogP contribution in [0.1, 0.15) is 13.3 Å². The molecule has 7 nitrogen and oxygen atoms in total. The van der Waals surface area contributed by atoms with Crippen LogP contribution in [0.5, 0.6) is 0 Å². The summed E-state index contributed by atoms with van der Waals surface area (Å²) in [6, 6.07) is 0.0214. The Morgan fingerprint density at radius 1 is 1.50 bits per heavy atom. The molecule has 0 radical (unpaired) electrons. The molecule has 2 heterocycles. The Morgan fingerprint density at radius 2 is 2.23 bits per heavy atom. The van der Waals surface area contributed by atoms with E-state index in [1.807, 2.05) is 6.92 Å². The number of hydrogen-bond acceptors (Lipinski definition) is 4. The number of likely N-dealkylation sites (tertiary alicyclic amines) is 1. The first-order valence-electron chi connectivity index (χ1n) is 8.09. The molecule has 2 N–H and O–H groups in total. The summed E-state index contributed by atoms with van der Waals surface area (Å²) in [6.07, 6.45) is 0.310. The lowest BCUT2D eigenvalue weighted by molar-refractivity contribution is -0.906. The third-order valence-corrected chi connectivity index (χ3v) is 4.45. The molecule has 126 valence electrons. The Bertz CT molecular complexity index is 385. The predicted molar refractivity (Wildman–Crippen MR) is 80.6 cm³/mol. The molecular formula is C15H28N3O4+. The van der Waals surface area contributed by atoms with Crippen molar-refractivity contribution in [2.75, 3.05) is 59.7 Å². The number of rotatable bonds is 7. The van der Waals surface area contributed by atoms with Gasteiger partial charge >= 0.3 is 0 Å². The highest BCUT2D eigenvalue weighted by atomic mass is 16.5. The van der Waals surface area contributed by atoms with Crippen LogP contribution in [0.15, 0.2) is 0 Å². The van der Waals surface area contributed by atoms with Crippen molar-refractivity contribution in [1.82, 2.24) is 10.2 Å². The standard InChI is InChI=1S/C15H27N3O4/c1-12(11-21-2)18-10-13(9-14(18)19)15(20)16-3-4-17-5-7-22-8-6-17/h12-13H,3-11H2,1-2H3,(H,16,20)/p+1/t12-,13-/m1/s1. The molecular weight excluding hydrogens is 286 g/mol. The molecule has 2 aliphatic rings. The number of hydrogen-bond donors (Lipinski definition) is 2. The zero-order chi connectivity index (χ0) is 15.9. The minimum absolute atomic E-state index is 0.00636. The molecule has 2 atom stereocenters. The molecule has 2 aliphatic heterocycles. The van der Waals surface area contributed by atoms with E-state index in [-0.39, 0.29) is 23.8 Å². The summed E-state index contributed by atoms with van der Waals surface area (Å²) in [6.45, 7) is 8.12. The van der Waals surface area contributed by atoms with Crippen molar-refractivity contribution in [3.8, 4) is 0 Å². The van der Waals surface area contributed by atoms with Gasteiger partial charge in [-0.3, -0.25) is 9.59 Å². The molecule has 0 saturated carbocycles. The highest BCUT2D eigenvalue weighted by molar-refractivity contribution is 5.89. The monoisotopic (exact) mass is 314 g/mol. The van der Waals surface area contributed by atoms with E-state index in [0.717, 1.165) is 32.8 Å². The van der Waals surface area contributed by atoms with Crippen molar-refractivity contribution in [2.45, 2.75) is 19.4 Å². The Hall–Kier alpha value is -1.18. The summed E-state index contributed by atoms with van der Waals surface area (Å²) in [7, 11) is 1.62. The Kier molecular flexibility index (Phi) is 6.60. The summed E-state index contributed by atoms with van der Waals surface area (Å²) in [5.41, 5.74) is 0. The topological polar surface area (TPSA) is 72.3 Å². The van der Waals surface area contributed by atoms with E-state index in [4.69, 9.17) is 9.47 Å². The average Bonchev–Trinajstić information content (AvgIpc) is 2.91. The van der Waals surface area contributed by atoms with Gasteiger partial charge < -0.3 is 24.6 Å². The first kappa shape index (κ1) is 17.2. The van der Waals surface area contributed by atoms with Gasteiger partial charge in [0.05, 0.1) is 44.9 Å². The van der Waals surface area contributed by atoms with Gasteiger partial charge in [0.1, 0.15) is 13.1 Å².